The molecular formula is C16H14Cl2FNS. The molecule has 1 unspecified atom stereocenters. The molecule has 5 heteroatoms. The Kier molecular flexibility index (Phi) is 4.75. The third-order valence-electron chi connectivity index (χ3n) is 3.56. The Morgan fingerprint density at radius 2 is 1.90 bits per heavy atom. The van der Waals surface area contributed by atoms with Crippen molar-refractivity contribution < 1.29 is 4.39 Å². The molecule has 2 aromatic rings. The van der Waals surface area contributed by atoms with Gasteiger partial charge in [0, 0.05) is 33.1 Å². The van der Waals surface area contributed by atoms with Crippen LogP contribution in [0.4, 0.5) is 4.39 Å². The lowest BCUT2D eigenvalue weighted by Gasteiger charge is -2.26. The van der Waals surface area contributed by atoms with Crippen LogP contribution in [-0.4, -0.2) is 5.75 Å². The Bertz CT molecular complexity index is 663. The summed E-state index contributed by atoms with van der Waals surface area (Å²) in [7, 11) is 0. The lowest BCUT2D eigenvalue weighted by Crippen LogP contribution is -2.24. The van der Waals surface area contributed by atoms with Gasteiger partial charge in [0.25, 0.3) is 0 Å². The number of hydrogen-bond donors (Lipinski definition) is 1. The standard InChI is InChI=1S/C16H14Cl2FNS/c17-11-1-3-14(19)10(7-11)9-20-15-5-6-21-16-4-2-12(18)8-13(15)16/h1-4,7-8,15,20H,5-6,9H2. The zero-order valence-corrected chi connectivity index (χ0v) is 13.5. The maximum Gasteiger partial charge on any atom is 0.127 e. The van der Waals surface area contributed by atoms with Crippen LogP contribution in [0.25, 0.3) is 0 Å². The lowest BCUT2D eigenvalue weighted by atomic mass is 10.0. The van der Waals surface area contributed by atoms with E-state index in [2.05, 4.69) is 11.4 Å². The molecule has 0 aromatic heterocycles. The van der Waals surface area contributed by atoms with Gasteiger partial charge < -0.3 is 5.32 Å². The van der Waals surface area contributed by atoms with Gasteiger partial charge >= 0.3 is 0 Å². The summed E-state index contributed by atoms with van der Waals surface area (Å²) in [6, 6.07) is 10.8. The highest BCUT2D eigenvalue weighted by Gasteiger charge is 2.20. The average molecular weight is 342 g/mol. The van der Waals surface area contributed by atoms with Crippen molar-refractivity contribution in [3.63, 3.8) is 0 Å². The van der Waals surface area contributed by atoms with Crippen LogP contribution >= 0.6 is 35.0 Å². The summed E-state index contributed by atoms with van der Waals surface area (Å²) < 4.78 is 13.8. The second kappa shape index (κ2) is 6.57. The smallest absolute Gasteiger partial charge is 0.127 e. The van der Waals surface area contributed by atoms with E-state index in [1.807, 2.05) is 23.9 Å². The molecule has 0 amide bonds. The number of nitrogens with one attached hydrogen (secondary N) is 1. The third kappa shape index (κ3) is 3.54. The second-order valence-electron chi connectivity index (χ2n) is 4.99. The fourth-order valence-corrected chi connectivity index (χ4v) is 3.97. The number of halogens is 3. The number of thioether (sulfide) groups is 1. The Morgan fingerprint density at radius 3 is 2.76 bits per heavy atom. The first-order valence-electron chi connectivity index (χ1n) is 6.73. The predicted molar refractivity (Wildman–Crippen MR) is 87.8 cm³/mol. The first kappa shape index (κ1) is 15.2. The highest BCUT2D eigenvalue weighted by Crippen LogP contribution is 2.37. The molecular weight excluding hydrogens is 328 g/mol. The van der Waals surface area contributed by atoms with E-state index >= 15 is 0 Å². The Balaban J connectivity index is 1.78. The molecule has 21 heavy (non-hydrogen) atoms. The van der Waals surface area contributed by atoms with E-state index in [1.54, 1.807) is 12.1 Å². The van der Waals surface area contributed by atoms with Crippen molar-refractivity contribution in [1.82, 2.24) is 5.32 Å². The molecule has 0 bridgehead atoms. The molecule has 0 spiro atoms. The molecule has 0 aliphatic carbocycles. The molecule has 1 nitrogen and oxygen atoms in total. The monoisotopic (exact) mass is 341 g/mol. The van der Waals surface area contributed by atoms with E-state index in [9.17, 15) is 4.39 Å². The minimum Gasteiger partial charge on any atom is -0.306 e. The third-order valence-corrected chi connectivity index (χ3v) is 5.15. The van der Waals surface area contributed by atoms with E-state index < -0.39 is 0 Å². The predicted octanol–water partition coefficient (Wildman–Crippen LogP) is 5.46. The Hall–Kier alpha value is -0.740. The van der Waals surface area contributed by atoms with Gasteiger partial charge in [-0.25, -0.2) is 4.39 Å². The van der Waals surface area contributed by atoms with Crippen LogP contribution in [0.5, 0.6) is 0 Å². The van der Waals surface area contributed by atoms with Gasteiger partial charge in [0.2, 0.25) is 0 Å². The molecule has 0 saturated carbocycles. The Morgan fingerprint density at radius 1 is 1.14 bits per heavy atom. The van der Waals surface area contributed by atoms with Crippen LogP contribution in [0, 0.1) is 5.82 Å². The van der Waals surface area contributed by atoms with E-state index in [4.69, 9.17) is 23.2 Å². The maximum atomic E-state index is 13.8. The molecule has 2 aromatic carbocycles. The molecule has 110 valence electrons. The average Bonchev–Trinajstić information content (AvgIpc) is 2.48. The van der Waals surface area contributed by atoms with E-state index in [-0.39, 0.29) is 11.9 Å². The van der Waals surface area contributed by atoms with Crippen molar-refractivity contribution in [1.29, 1.82) is 0 Å². The van der Waals surface area contributed by atoms with Crippen LogP contribution in [0.3, 0.4) is 0 Å². The molecule has 1 heterocycles. The van der Waals surface area contributed by atoms with E-state index in [0.29, 0.717) is 17.1 Å². The summed E-state index contributed by atoms with van der Waals surface area (Å²) >= 11 is 13.9. The summed E-state index contributed by atoms with van der Waals surface area (Å²) in [6.45, 7) is 0.452. The fraction of sp³-hybridized carbons (Fsp3) is 0.250. The molecule has 1 N–H and O–H groups in total. The van der Waals surface area contributed by atoms with E-state index in [1.165, 1.54) is 16.5 Å². The SMILES string of the molecule is Fc1ccc(Cl)cc1CNC1CCSc2ccc(Cl)cc21. The van der Waals surface area contributed by atoms with Gasteiger partial charge in [0.15, 0.2) is 0 Å². The summed E-state index contributed by atoms with van der Waals surface area (Å²) in [4.78, 5) is 1.25. The fourth-order valence-electron chi connectivity index (χ4n) is 2.49. The molecule has 0 fully saturated rings. The lowest BCUT2D eigenvalue weighted by molar-refractivity contribution is 0.497. The van der Waals surface area contributed by atoms with Gasteiger partial charge in [-0.3, -0.25) is 0 Å². The number of rotatable bonds is 3. The first-order valence-corrected chi connectivity index (χ1v) is 8.47. The topological polar surface area (TPSA) is 12.0 Å². The zero-order valence-electron chi connectivity index (χ0n) is 11.2. The molecule has 3 rings (SSSR count). The van der Waals surface area contributed by atoms with Crippen LogP contribution in [0.15, 0.2) is 41.3 Å². The molecule has 0 radical (unpaired) electrons. The van der Waals surface area contributed by atoms with Crippen LogP contribution < -0.4 is 5.32 Å². The van der Waals surface area contributed by atoms with Gasteiger partial charge in [0.1, 0.15) is 5.82 Å². The molecule has 1 atom stereocenters. The van der Waals surface area contributed by atoms with Crippen LogP contribution in [-0.2, 0) is 6.54 Å². The second-order valence-corrected chi connectivity index (χ2v) is 7.00. The largest absolute Gasteiger partial charge is 0.306 e. The van der Waals surface area contributed by atoms with Gasteiger partial charge in [-0.05, 0) is 54.1 Å². The maximum absolute atomic E-state index is 13.8. The van der Waals surface area contributed by atoms with E-state index in [0.717, 1.165) is 17.2 Å². The highest BCUT2D eigenvalue weighted by atomic mass is 35.5. The number of hydrogen-bond acceptors (Lipinski definition) is 2. The normalized spacial score (nSPS) is 17.6. The van der Waals surface area contributed by atoms with Crippen molar-refractivity contribution in [2.45, 2.75) is 23.9 Å². The quantitative estimate of drug-likeness (QED) is 0.795. The van der Waals surface area contributed by atoms with Crippen molar-refractivity contribution in [2.75, 3.05) is 5.75 Å². The van der Waals surface area contributed by atoms with Gasteiger partial charge in [-0.1, -0.05) is 23.2 Å². The highest BCUT2D eigenvalue weighted by molar-refractivity contribution is 7.99. The summed E-state index contributed by atoms with van der Waals surface area (Å²) in [5.74, 6) is 0.813. The molecule has 1 aliphatic heterocycles. The molecule has 0 saturated heterocycles. The van der Waals surface area contributed by atoms with Crippen LogP contribution in [0.2, 0.25) is 10.0 Å². The first-order chi connectivity index (χ1) is 10.1. The Labute approximate surface area is 137 Å². The van der Waals surface area contributed by atoms with Crippen LogP contribution in [0.1, 0.15) is 23.6 Å². The van der Waals surface area contributed by atoms with Gasteiger partial charge in [0.05, 0.1) is 0 Å². The number of benzene rings is 2. The summed E-state index contributed by atoms with van der Waals surface area (Å²) in [5, 5.41) is 4.70. The van der Waals surface area contributed by atoms with Gasteiger partial charge in [-0.2, -0.15) is 0 Å². The van der Waals surface area contributed by atoms with Gasteiger partial charge in [-0.15, -0.1) is 11.8 Å². The zero-order chi connectivity index (χ0) is 14.8. The van der Waals surface area contributed by atoms with Crippen molar-refractivity contribution in [2.24, 2.45) is 0 Å². The number of fused-ring (bicyclic) bond motifs is 1. The van der Waals surface area contributed by atoms with Crippen molar-refractivity contribution >= 4 is 35.0 Å². The molecule has 1 aliphatic rings. The van der Waals surface area contributed by atoms with Crippen molar-refractivity contribution in [3.8, 4) is 0 Å². The minimum atomic E-state index is -0.233. The van der Waals surface area contributed by atoms with Crippen molar-refractivity contribution in [3.05, 3.63) is 63.4 Å². The minimum absolute atomic E-state index is 0.193. The summed E-state index contributed by atoms with van der Waals surface area (Å²) in [5.41, 5.74) is 1.78. The summed E-state index contributed by atoms with van der Waals surface area (Å²) in [6.07, 6.45) is 1.00.